The van der Waals surface area contributed by atoms with Gasteiger partial charge in [-0.05, 0) is 46.1 Å². The molecule has 2 aromatic heterocycles. The number of methoxy groups -OCH3 is 1. The molecule has 0 aromatic carbocycles. The van der Waals surface area contributed by atoms with E-state index in [1.54, 1.807) is 7.11 Å². The Morgan fingerprint density at radius 1 is 1.25 bits per heavy atom. The molecule has 4 rings (SSSR count). The zero-order valence-corrected chi connectivity index (χ0v) is 19.6. The average molecular weight is 438 g/mol. The van der Waals surface area contributed by atoms with Crippen molar-refractivity contribution >= 4 is 11.7 Å². The van der Waals surface area contributed by atoms with Gasteiger partial charge in [0.25, 0.3) is 0 Å². The van der Waals surface area contributed by atoms with Crippen LogP contribution in [0.5, 0.6) is 0 Å². The fraction of sp³-hybridized carbons (Fsp3) is 0.583. The first-order chi connectivity index (χ1) is 15.4. The van der Waals surface area contributed by atoms with Gasteiger partial charge in [-0.15, -0.1) is 0 Å². The van der Waals surface area contributed by atoms with E-state index < -0.39 is 0 Å². The van der Waals surface area contributed by atoms with Crippen LogP contribution in [0.25, 0.3) is 11.1 Å². The van der Waals surface area contributed by atoms with E-state index in [0.717, 1.165) is 52.5 Å². The molecule has 0 N–H and O–H groups in total. The highest BCUT2D eigenvalue weighted by molar-refractivity contribution is 5.80. The standard InChI is InChI=1S/C24H31N5O3/c1-14-13-28(9-10-29(14)20(30)8-11-31-5)24-19(12-25)15(2)21(23(26-24)18-6-7-18)22-16(3)27-32-17(22)4/h14,18H,6-11,13H2,1-5H3. The number of rotatable bonds is 6. The van der Waals surface area contributed by atoms with Crippen molar-refractivity contribution in [3.05, 3.63) is 28.3 Å². The molecule has 1 saturated carbocycles. The van der Waals surface area contributed by atoms with Crippen LogP contribution in [0.1, 0.15) is 60.4 Å². The normalized spacial score (nSPS) is 18.7. The van der Waals surface area contributed by atoms with E-state index in [4.69, 9.17) is 14.2 Å². The Kier molecular flexibility index (Phi) is 6.20. The van der Waals surface area contributed by atoms with E-state index in [-0.39, 0.29) is 11.9 Å². The average Bonchev–Trinajstić information content (AvgIpc) is 3.57. The monoisotopic (exact) mass is 437 g/mol. The van der Waals surface area contributed by atoms with Crippen molar-refractivity contribution in [2.45, 2.75) is 58.9 Å². The number of amides is 1. The summed E-state index contributed by atoms with van der Waals surface area (Å²) >= 11 is 0. The number of carbonyl (C=O) groups excluding carboxylic acids is 1. The third kappa shape index (κ3) is 3.97. The molecular formula is C24H31N5O3. The zero-order chi connectivity index (χ0) is 23.0. The summed E-state index contributed by atoms with van der Waals surface area (Å²) < 4.78 is 10.5. The van der Waals surface area contributed by atoms with Crippen LogP contribution in [0.15, 0.2) is 4.52 Å². The van der Waals surface area contributed by atoms with Gasteiger partial charge in [-0.25, -0.2) is 4.98 Å². The summed E-state index contributed by atoms with van der Waals surface area (Å²) in [6.45, 7) is 10.2. The molecule has 1 aliphatic heterocycles. The van der Waals surface area contributed by atoms with E-state index >= 15 is 0 Å². The highest BCUT2D eigenvalue weighted by atomic mass is 16.5. The fourth-order valence-corrected chi connectivity index (χ4v) is 4.73. The Bertz CT molecular complexity index is 1050. The van der Waals surface area contributed by atoms with Gasteiger partial charge in [0, 0.05) is 49.8 Å². The minimum absolute atomic E-state index is 0.0355. The Balaban J connectivity index is 1.71. The van der Waals surface area contributed by atoms with Crippen LogP contribution < -0.4 is 4.90 Å². The first-order valence-corrected chi connectivity index (χ1v) is 11.3. The van der Waals surface area contributed by atoms with Gasteiger partial charge in [0.2, 0.25) is 5.91 Å². The molecular weight excluding hydrogens is 406 g/mol. The largest absolute Gasteiger partial charge is 0.384 e. The Hall–Kier alpha value is -2.92. The number of hydrogen-bond donors (Lipinski definition) is 0. The molecule has 0 bridgehead atoms. The number of aryl methyl sites for hydroxylation is 2. The summed E-state index contributed by atoms with van der Waals surface area (Å²) in [5.41, 5.74) is 5.35. The Morgan fingerprint density at radius 3 is 2.56 bits per heavy atom. The second kappa shape index (κ2) is 8.91. The van der Waals surface area contributed by atoms with Gasteiger partial charge in [-0.3, -0.25) is 4.79 Å². The molecule has 32 heavy (non-hydrogen) atoms. The number of aromatic nitrogens is 2. The number of ether oxygens (including phenoxy) is 1. The summed E-state index contributed by atoms with van der Waals surface area (Å²) in [7, 11) is 1.61. The van der Waals surface area contributed by atoms with Gasteiger partial charge in [-0.1, -0.05) is 5.16 Å². The topological polar surface area (TPSA) is 95.5 Å². The van der Waals surface area contributed by atoms with Crippen molar-refractivity contribution in [2.24, 2.45) is 0 Å². The van der Waals surface area contributed by atoms with E-state index in [1.165, 1.54) is 0 Å². The van der Waals surface area contributed by atoms with E-state index in [1.807, 2.05) is 25.7 Å². The van der Waals surface area contributed by atoms with Crippen molar-refractivity contribution in [3.8, 4) is 17.2 Å². The van der Waals surface area contributed by atoms with Gasteiger partial charge in [0.05, 0.1) is 30.0 Å². The molecule has 8 nitrogen and oxygen atoms in total. The van der Waals surface area contributed by atoms with Crippen LogP contribution in [-0.4, -0.2) is 60.3 Å². The highest BCUT2D eigenvalue weighted by Crippen LogP contribution is 2.47. The first-order valence-electron chi connectivity index (χ1n) is 11.3. The van der Waals surface area contributed by atoms with Crippen molar-refractivity contribution < 1.29 is 14.1 Å². The summed E-state index contributed by atoms with van der Waals surface area (Å²) in [5.74, 6) is 2.00. The van der Waals surface area contributed by atoms with Gasteiger partial charge in [-0.2, -0.15) is 5.26 Å². The van der Waals surface area contributed by atoms with Crippen LogP contribution in [0.4, 0.5) is 5.82 Å². The Labute approximate surface area is 189 Å². The second-order valence-corrected chi connectivity index (χ2v) is 8.91. The maximum Gasteiger partial charge on any atom is 0.225 e. The summed E-state index contributed by atoms with van der Waals surface area (Å²) in [6, 6.07) is 2.45. The van der Waals surface area contributed by atoms with E-state index in [2.05, 4.69) is 23.0 Å². The molecule has 1 saturated heterocycles. The third-order valence-corrected chi connectivity index (χ3v) is 6.58. The van der Waals surface area contributed by atoms with Crippen molar-refractivity contribution in [2.75, 3.05) is 38.3 Å². The summed E-state index contributed by atoms with van der Waals surface area (Å²) in [4.78, 5) is 21.7. The molecule has 0 radical (unpaired) electrons. The minimum Gasteiger partial charge on any atom is -0.384 e. The number of piperazine rings is 1. The maximum atomic E-state index is 12.5. The lowest BCUT2D eigenvalue weighted by atomic mass is 9.92. The highest BCUT2D eigenvalue weighted by Gasteiger charge is 2.35. The lowest BCUT2D eigenvalue weighted by molar-refractivity contribution is -0.134. The SMILES string of the molecule is COCCC(=O)N1CCN(c2nc(C3CC3)c(-c3c(C)noc3C)c(C)c2C#N)CC1C. The van der Waals surface area contributed by atoms with Crippen LogP contribution >= 0.6 is 0 Å². The van der Waals surface area contributed by atoms with Crippen LogP contribution in [0, 0.1) is 32.1 Å². The van der Waals surface area contributed by atoms with Gasteiger partial charge < -0.3 is 19.1 Å². The molecule has 1 aliphatic carbocycles. The molecule has 1 amide bonds. The van der Waals surface area contributed by atoms with Gasteiger partial charge >= 0.3 is 0 Å². The zero-order valence-electron chi connectivity index (χ0n) is 19.6. The lowest BCUT2D eigenvalue weighted by Crippen LogP contribution is -2.54. The molecule has 8 heteroatoms. The Morgan fingerprint density at radius 2 is 2.00 bits per heavy atom. The number of pyridine rings is 1. The van der Waals surface area contributed by atoms with Gasteiger partial charge in [0.15, 0.2) is 0 Å². The molecule has 3 heterocycles. The maximum absolute atomic E-state index is 12.5. The predicted molar refractivity (Wildman–Crippen MR) is 121 cm³/mol. The van der Waals surface area contributed by atoms with Crippen LogP contribution in [0.2, 0.25) is 0 Å². The van der Waals surface area contributed by atoms with Crippen molar-refractivity contribution in [3.63, 3.8) is 0 Å². The number of anilines is 1. The van der Waals surface area contributed by atoms with Crippen LogP contribution in [-0.2, 0) is 9.53 Å². The predicted octanol–water partition coefficient (Wildman–Crippen LogP) is 3.48. The molecule has 2 aliphatic rings. The van der Waals surface area contributed by atoms with Crippen LogP contribution in [0.3, 0.4) is 0 Å². The first kappa shape index (κ1) is 22.3. The smallest absolute Gasteiger partial charge is 0.225 e. The minimum atomic E-state index is 0.0355. The summed E-state index contributed by atoms with van der Waals surface area (Å²) in [5, 5.41) is 14.2. The number of nitrogens with zero attached hydrogens (tertiary/aromatic N) is 5. The van der Waals surface area contributed by atoms with E-state index in [0.29, 0.717) is 44.1 Å². The quantitative estimate of drug-likeness (QED) is 0.683. The summed E-state index contributed by atoms with van der Waals surface area (Å²) in [6.07, 6.45) is 2.60. The molecule has 1 unspecified atom stereocenters. The fourth-order valence-electron chi connectivity index (χ4n) is 4.73. The number of nitriles is 1. The molecule has 2 fully saturated rings. The molecule has 2 aromatic rings. The second-order valence-electron chi connectivity index (χ2n) is 8.91. The number of hydrogen-bond acceptors (Lipinski definition) is 7. The van der Waals surface area contributed by atoms with Crippen molar-refractivity contribution in [1.29, 1.82) is 5.26 Å². The molecule has 0 spiro atoms. The number of carbonyl (C=O) groups is 1. The van der Waals surface area contributed by atoms with E-state index in [9.17, 15) is 10.1 Å². The third-order valence-electron chi connectivity index (χ3n) is 6.58. The molecule has 170 valence electrons. The van der Waals surface area contributed by atoms with Gasteiger partial charge in [0.1, 0.15) is 17.6 Å². The molecule has 1 atom stereocenters. The van der Waals surface area contributed by atoms with Crippen molar-refractivity contribution in [1.82, 2.24) is 15.0 Å². The lowest BCUT2D eigenvalue weighted by Gasteiger charge is -2.41.